The second-order valence-corrected chi connectivity index (χ2v) is 5.08. The molecule has 1 aromatic rings. The number of fused-ring (bicyclic) bond motifs is 1. The van der Waals surface area contributed by atoms with Crippen molar-refractivity contribution in [3.05, 3.63) is 29.5 Å². The molecule has 112 valence electrons. The largest absolute Gasteiger partial charge is 0.464 e. The third-order valence-corrected chi connectivity index (χ3v) is 3.72. The fourth-order valence-corrected chi connectivity index (χ4v) is 2.73. The van der Waals surface area contributed by atoms with Gasteiger partial charge in [0.15, 0.2) is 5.69 Å². The van der Waals surface area contributed by atoms with Gasteiger partial charge in [0.1, 0.15) is 5.82 Å². The van der Waals surface area contributed by atoms with Crippen LogP contribution in [-0.2, 0) is 22.4 Å². The van der Waals surface area contributed by atoms with Gasteiger partial charge < -0.3 is 14.0 Å². The lowest BCUT2D eigenvalue weighted by Gasteiger charge is -2.17. The predicted molar refractivity (Wildman–Crippen MR) is 77.6 cm³/mol. The Hall–Kier alpha value is -1.95. The molecule has 0 fully saturated rings. The maximum absolute atomic E-state index is 12.1. The summed E-state index contributed by atoms with van der Waals surface area (Å²) >= 11 is 0. The number of carbonyl (C=O) groups is 1. The molecule has 3 heterocycles. The van der Waals surface area contributed by atoms with E-state index >= 15 is 0 Å². The van der Waals surface area contributed by atoms with Gasteiger partial charge in [-0.3, -0.25) is 4.99 Å². The van der Waals surface area contributed by atoms with E-state index in [1.54, 1.807) is 6.20 Å². The Morgan fingerprint density at radius 2 is 2.29 bits per heavy atom. The summed E-state index contributed by atoms with van der Waals surface area (Å²) in [5, 5.41) is 0. The minimum Gasteiger partial charge on any atom is -0.464 e. The number of allylic oxidation sites excluding steroid dienone is 1. The minimum atomic E-state index is -0.401. The number of ether oxygens (including phenoxy) is 2. The van der Waals surface area contributed by atoms with Crippen LogP contribution in [0.2, 0.25) is 0 Å². The van der Waals surface area contributed by atoms with Crippen molar-refractivity contribution in [2.24, 2.45) is 4.99 Å². The Morgan fingerprint density at radius 1 is 1.38 bits per heavy atom. The van der Waals surface area contributed by atoms with Crippen molar-refractivity contribution in [2.75, 3.05) is 20.3 Å². The first-order valence-corrected chi connectivity index (χ1v) is 7.28. The standard InChI is InChI=1S/C15H19N3O3/c1-20-15(19)13-14(11-5-2-3-7-16-11)18-8-4-9-21-10-6-12(18)17-13/h3,7H,2,4-6,8-10H2,1H3. The SMILES string of the molecule is COC(=O)c1nc2n(c1C1=NC=CCC1)CCCOCC2. The number of aliphatic imine (C=N–C) groups is 1. The number of methoxy groups -OCH3 is 1. The number of nitrogens with zero attached hydrogens (tertiary/aromatic N) is 3. The summed E-state index contributed by atoms with van der Waals surface area (Å²) in [6.07, 6.45) is 7.18. The van der Waals surface area contributed by atoms with Gasteiger partial charge in [0.05, 0.1) is 25.1 Å². The van der Waals surface area contributed by atoms with Crippen LogP contribution in [0, 0.1) is 0 Å². The van der Waals surface area contributed by atoms with Gasteiger partial charge in [0, 0.05) is 25.8 Å². The molecule has 3 rings (SSSR count). The zero-order chi connectivity index (χ0) is 14.7. The van der Waals surface area contributed by atoms with Crippen LogP contribution in [0.1, 0.15) is 41.3 Å². The molecule has 0 aliphatic carbocycles. The summed E-state index contributed by atoms with van der Waals surface area (Å²) in [5.74, 6) is 0.477. The second-order valence-electron chi connectivity index (χ2n) is 5.08. The van der Waals surface area contributed by atoms with Crippen molar-refractivity contribution >= 4 is 11.7 Å². The summed E-state index contributed by atoms with van der Waals surface area (Å²) in [7, 11) is 1.38. The quantitative estimate of drug-likeness (QED) is 0.778. The molecule has 0 spiro atoms. The van der Waals surface area contributed by atoms with E-state index in [4.69, 9.17) is 9.47 Å². The number of hydrogen-bond acceptors (Lipinski definition) is 5. The average molecular weight is 289 g/mol. The number of carbonyl (C=O) groups excluding carboxylic acids is 1. The number of esters is 1. The third kappa shape index (κ3) is 2.76. The fourth-order valence-electron chi connectivity index (χ4n) is 2.73. The third-order valence-electron chi connectivity index (χ3n) is 3.72. The van der Waals surface area contributed by atoms with Gasteiger partial charge in [-0.05, 0) is 19.3 Å². The Bertz CT molecular complexity index is 602. The zero-order valence-corrected chi connectivity index (χ0v) is 12.2. The lowest BCUT2D eigenvalue weighted by molar-refractivity contribution is 0.0594. The highest BCUT2D eigenvalue weighted by Gasteiger charge is 2.26. The molecule has 0 amide bonds. The summed E-state index contributed by atoms with van der Waals surface area (Å²) < 4.78 is 12.5. The number of aromatic nitrogens is 2. The van der Waals surface area contributed by atoms with Gasteiger partial charge in [-0.15, -0.1) is 0 Å². The van der Waals surface area contributed by atoms with E-state index < -0.39 is 5.97 Å². The molecule has 2 aliphatic rings. The highest BCUT2D eigenvalue weighted by molar-refractivity contribution is 6.07. The maximum Gasteiger partial charge on any atom is 0.358 e. The molecule has 0 saturated carbocycles. The normalized spacial score (nSPS) is 18.4. The van der Waals surface area contributed by atoms with Crippen LogP contribution >= 0.6 is 0 Å². The zero-order valence-electron chi connectivity index (χ0n) is 12.2. The van der Waals surface area contributed by atoms with Crippen molar-refractivity contribution < 1.29 is 14.3 Å². The van der Waals surface area contributed by atoms with Crippen molar-refractivity contribution in [1.82, 2.24) is 9.55 Å². The van der Waals surface area contributed by atoms with E-state index in [-0.39, 0.29) is 0 Å². The predicted octanol–water partition coefficient (Wildman–Crippen LogP) is 1.73. The smallest absolute Gasteiger partial charge is 0.358 e. The van der Waals surface area contributed by atoms with Crippen molar-refractivity contribution in [1.29, 1.82) is 0 Å². The molecule has 0 atom stereocenters. The second kappa shape index (κ2) is 6.22. The molecule has 0 saturated heterocycles. The van der Waals surface area contributed by atoms with E-state index in [1.807, 2.05) is 6.08 Å². The molecule has 0 radical (unpaired) electrons. The molecule has 0 bridgehead atoms. The van der Waals surface area contributed by atoms with Gasteiger partial charge in [-0.2, -0.15) is 0 Å². The van der Waals surface area contributed by atoms with Gasteiger partial charge >= 0.3 is 5.97 Å². The molecule has 0 unspecified atom stereocenters. The maximum atomic E-state index is 12.1. The molecular weight excluding hydrogens is 270 g/mol. The van der Waals surface area contributed by atoms with Gasteiger partial charge in [-0.25, -0.2) is 9.78 Å². The Balaban J connectivity index is 2.11. The van der Waals surface area contributed by atoms with Crippen molar-refractivity contribution in [2.45, 2.75) is 32.2 Å². The number of imidazole rings is 1. The van der Waals surface area contributed by atoms with E-state index in [9.17, 15) is 4.79 Å². The Kier molecular flexibility index (Phi) is 4.15. The Morgan fingerprint density at radius 3 is 3.05 bits per heavy atom. The molecule has 0 N–H and O–H groups in total. The Labute approximate surface area is 123 Å². The minimum absolute atomic E-state index is 0.378. The first kappa shape index (κ1) is 14.0. The van der Waals surface area contributed by atoms with E-state index in [2.05, 4.69) is 14.5 Å². The molecule has 6 nitrogen and oxygen atoms in total. The summed E-state index contributed by atoms with van der Waals surface area (Å²) in [6.45, 7) is 2.15. The lowest BCUT2D eigenvalue weighted by atomic mass is 10.1. The molecule has 21 heavy (non-hydrogen) atoms. The van der Waals surface area contributed by atoms with E-state index in [0.29, 0.717) is 18.7 Å². The van der Waals surface area contributed by atoms with Crippen LogP contribution < -0.4 is 0 Å². The molecule has 2 aliphatic heterocycles. The van der Waals surface area contributed by atoms with Gasteiger partial charge in [0.25, 0.3) is 0 Å². The van der Waals surface area contributed by atoms with Crippen molar-refractivity contribution in [3.63, 3.8) is 0 Å². The summed E-state index contributed by atoms with van der Waals surface area (Å²) in [6, 6.07) is 0. The average Bonchev–Trinajstić information content (AvgIpc) is 2.85. The van der Waals surface area contributed by atoms with Gasteiger partial charge in [0.2, 0.25) is 0 Å². The van der Waals surface area contributed by atoms with Crippen LogP contribution in [0.15, 0.2) is 17.3 Å². The lowest BCUT2D eigenvalue weighted by Crippen LogP contribution is -2.19. The topological polar surface area (TPSA) is 65.7 Å². The number of hydrogen-bond donors (Lipinski definition) is 0. The van der Waals surface area contributed by atoms with Crippen molar-refractivity contribution in [3.8, 4) is 0 Å². The van der Waals surface area contributed by atoms with Crippen LogP contribution in [0.4, 0.5) is 0 Å². The first-order chi connectivity index (χ1) is 10.3. The molecule has 6 heteroatoms. The fraction of sp³-hybridized carbons (Fsp3) is 0.533. The van der Waals surface area contributed by atoms with Crippen LogP contribution in [-0.4, -0.2) is 41.6 Å². The highest BCUT2D eigenvalue weighted by atomic mass is 16.5. The molecule has 1 aromatic heterocycles. The molecular formula is C15H19N3O3. The van der Waals surface area contributed by atoms with Crippen LogP contribution in [0.3, 0.4) is 0 Å². The van der Waals surface area contributed by atoms with Crippen LogP contribution in [0.5, 0.6) is 0 Å². The number of rotatable bonds is 2. The van der Waals surface area contributed by atoms with Gasteiger partial charge in [-0.1, -0.05) is 6.08 Å². The van der Waals surface area contributed by atoms with E-state index in [0.717, 1.165) is 49.6 Å². The monoisotopic (exact) mass is 289 g/mol. The first-order valence-electron chi connectivity index (χ1n) is 7.28. The van der Waals surface area contributed by atoms with Crippen LogP contribution in [0.25, 0.3) is 0 Å². The highest BCUT2D eigenvalue weighted by Crippen LogP contribution is 2.21. The molecule has 0 aromatic carbocycles. The van der Waals surface area contributed by atoms with E-state index in [1.165, 1.54) is 7.11 Å². The summed E-state index contributed by atoms with van der Waals surface area (Å²) in [5.41, 5.74) is 2.12. The summed E-state index contributed by atoms with van der Waals surface area (Å²) in [4.78, 5) is 21.0.